The quantitative estimate of drug-likeness (QED) is 0.127. The maximum Gasteiger partial charge on any atom is 0.242 e. The van der Waals surface area contributed by atoms with Gasteiger partial charge in [-0.3, -0.25) is 28.9 Å². The highest BCUT2D eigenvalue weighted by Gasteiger charge is 2.40. The molecule has 10 nitrogen and oxygen atoms in total. The molecule has 0 aromatic carbocycles. The van der Waals surface area contributed by atoms with Gasteiger partial charge in [-0.1, -0.05) is 13.3 Å². The number of unbranched alkanes of at least 4 members (excludes halogenated alkanes) is 2. The fraction of sp³-hybridized carbons (Fsp3) is 0.828. The van der Waals surface area contributed by atoms with Gasteiger partial charge in [0.2, 0.25) is 23.6 Å². The van der Waals surface area contributed by atoms with E-state index in [1.807, 2.05) is 0 Å². The second-order valence-electron chi connectivity index (χ2n) is 11.1. The molecule has 1 saturated carbocycles. The Hall–Kier alpha value is -1.98. The van der Waals surface area contributed by atoms with Crippen molar-refractivity contribution in [2.45, 2.75) is 95.8 Å². The summed E-state index contributed by atoms with van der Waals surface area (Å²) in [5.74, 6) is 0.0851. The molecule has 2 atom stereocenters. The highest BCUT2D eigenvalue weighted by Crippen LogP contribution is 2.32. The van der Waals surface area contributed by atoms with E-state index in [1.165, 1.54) is 29.5 Å². The van der Waals surface area contributed by atoms with Gasteiger partial charge in [-0.2, -0.15) is 0 Å². The second kappa shape index (κ2) is 19.2. The Morgan fingerprint density at radius 2 is 1.65 bits per heavy atom. The molecule has 1 heterocycles. The number of nitrogens with one attached hydrogen (secondary N) is 4. The van der Waals surface area contributed by atoms with Crippen LogP contribution in [0.15, 0.2) is 0 Å². The Kier molecular flexibility index (Phi) is 16.4. The number of ketones is 1. The summed E-state index contributed by atoms with van der Waals surface area (Å²) in [5.41, 5.74) is 0. The molecule has 1 saturated heterocycles. The lowest BCUT2D eigenvalue weighted by Gasteiger charge is -2.30. The third-order valence-corrected chi connectivity index (χ3v) is 9.09. The van der Waals surface area contributed by atoms with Gasteiger partial charge in [0.15, 0.2) is 0 Å². The Bertz CT molecular complexity index is 834. The number of amides is 4. The smallest absolute Gasteiger partial charge is 0.242 e. The first-order chi connectivity index (χ1) is 19.3. The molecule has 4 N–H and O–H groups in total. The van der Waals surface area contributed by atoms with Crippen molar-refractivity contribution in [1.29, 1.82) is 0 Å². The van der Waals surface area contributed by atoms with Gasteiger partial charge in [-0.25, -0.2) is 0 Å². The number of thioether (sulfide) groups is 1. The van der Waals surface area contributed by atoms with Crippen LogP contribution in [0, 0.1) is 11.8 Å². The zero-order chi connectivity index (χ0) is 29.3. The zero-order valence-corrected chi connectivity index (χ0v) is 25.5. The van der Waals surface area contributed by atoms with Crippen LogP contribution in [-0.4, -0.2) is 91.1 Å². The molecular formula is C29H51N5O5S. The first-order valence-corrected chi connectivity index (χ1v) is 16.2. The fourth-order valence-electron chi connectivity index (χ4n) is 5.32. The SMILES string of the molecule is CCCCNCCCNC(=O)C1CCC(CN2C(=O)CC(SCC(=O)NCCCCC(NC)C(C)=O)C2=O)CC1. The summed E-state index contributed by atoms with van der Waals surface area (Å²) < 4.78 is 0. The number of rotatable bonds is 20. The molecule has 0 aromatic rings. The summed E-state index contributed by atoms with van der Waals surface area (Å²) in [4.78, 5) is 63.0. The van der Waals surface area contributed by atoms with Crippen molar-refractivity contribution in [2.75, 3.05) is 45.5 Å². The Balaban J connectivity index is 1.60. The lowest BCUT2D eigenvalue weighted by atomic mass is 9.81. The molecule has 2 aliphatic rings. The Morgan fingerprint density at radius 1 is 0.950 bits per heavy atom. The molecule has 4 amide bonds. The normalized spacial score (nSPS) is 21.9. The molecule has 1 aliphatic heterocycles. The molecule has 0 bridgehead atoms. The van der Waals surface area contributed by atoms with Crippen molar-refractivity contribution in [1.82, 2.24) is 26.2 Å². The minimum absolute atomic E-state index is 0.00924. The molecule has 2 fully saturated rings. The number of carbonyl (C=O) groups excluding carboxylic acids is 5. The van der Waals surface area contributed by atoms with Crippen LogP contribution >= 0.6 is 11.8 Å². The van der Waals surface area contributed by atoms with Crippen LogP contribution < -0.4 is 21.3 Å². The molecule has 2 rings (SSSR count). The van der Waals surface area contributed by atoms with Crippen LogP contribution in [0.3, 0.4) is 0 Å². The lowest BCUT2D eigenvalue weighted by molar-refractivity contribution is -0.139. The van der Waals surface area contributed by atoms with E-state index in [4.69, 9.17) is 0 Å². The molecule has 11 heteroatoms. The van der Waals surface area contributed by atoms with Crippen molar-refractivity contribution in [3.8, 4) is 0 Å². The standard InChI is InChI=1S/C29H51N5O5S/c1-4-5-14-31-15-8-17-33-28(38)23-12-10-22(11-13-23)19-34-27(37)18-25(29(34)39)40-20-26(36)32-16-7-6-9-24(30-3)21(2)35/h22-25,30-31H,4-20H2,1-3H3,(H,32,36)(H,33,38). The van der Waals surface area contributed by atoms with E-state index in [0.717, 1.165) is 64.5 Å². The van der Waals surface area contributed by atoms with E-state index in [1.54, 1.807) is 14.0 Å². The molecular weight excluding hydrogens is 530 g/mol. The van der Waals surface area contributed by atoms with Gasteiger partial charge in [0.1, 0.15) is 5.78 Å². The van der Waals surface area contributed by atoms with E-state index >= 15 is 0 Å². The summed E-state index contributed by atoms with van der Waals surface area (Å²) in [6.45, 7) is 7.29. The lowest BCUT2D eigenvalue weighted by Crippen LogP contribution is -2.39. The number of hydrogen-bond donors (Lipinski definition) is 4. The second-order valence-corrected chi connectivity index (χ2v) is 12.3. The Labute approximate surface area is 244 Å². The summed E-state index contributed by atoms with van der Waals surface area (Å²) in [6, 6.07) is -0.146. The number of likely N-dealkylation sites (N-methyl/N-ethyl adjacent to an activating group) is 1. The number of Topliss-reactive ketones (excluding diaryl/α,β-unsaturated/α-hetero) is 1. The number of likely N-dealkylation sites (tertiary alicyclic amines) is 1. The third-order valence-electron chi connectivity index (χ3n) is 7.89. The van der Waals surface area contributed by atoms with E-state index in [9.17, 15) is 24.0 Å². The largest absolute Gasteiger partial charge is 0.356 e. The maximum absolute atomic E-state index is 12.9. The van der Waals surface area contributed by atoms with Crippen LogP contribution in [-0.2, 0) is 24.0 Å². The van der Waals surface area contributed by atoms with Gasteiger partial charge in [0.05, 0.1) is 17.0 Å². The van der Waals surface area contributed by atoms with E-state index < -0.39 is 5.25 Å². The fourth-order valence-corrected chi connectivity index (χ4v) is 6.30. The average molecular weight is 582 g/mol. The van der Waals surface area contributed by atoms with Crippen molar-refractivity contribution >= 4 is 41.2 Å². The number of nitrogens with zero attached hydrogens (tertiary/aromatic N) is 1. The number of carbonyl (C=O) groups is 5. The van der Waals surface area contributed by atoms with E-state index in [2.05, 4.69) is 28.2 Å². The Morgan fingerprint density at radius 3 is 2.33 bits per heavy atom. The van der Waals surface area contributed by atoms with Gasteiger partial charge >= 0.3 is 0 Å². The zero-order valence-electron chi connectivity index (χ0n) is 24.7. The van der Waals surface area contributed by atoms with Gasteiger partial charge < -0.3 is 21.3 Å². The van der Waals surface area contributed by atoms with E-state index in [-0.39, 0.29) is 59.5 Å². The minimum Gasteiger partial charge on any atom is -0.356 e. The minimum atomic E-state index is -0.510. The summed E-state index contributed by atoms with van der Waals surface area (Å²) >= 11 is 1.23. The molecule has 0 spiro atoms. The van der Waals surface area contributed by atoms with Gasteiger partial charge in [0, 0.05) is 32.0 Å². The predicted octanol–water partition coefficient (Wildman–Crippen LogP) is 2.01. The van der Waals surface area contributed by atoms with Crippen molar-refractivity contribution in [3.63, 3.8) is 0 Å². The topological polar surface area (TPSA) is 137 Å². The number of imide groups is 1. The molecule has 0 radical (unpaired) electrons. The summed E-state index contributed by atoms with van der Waals surface area (Å²) in [7, 11) is 1.77. The summed E-state index contributed by atoms with van der Waals surface area (Å²) in [6.07, 6.45) is 8.96. The first kappa shape index (κ1) is 34.2. The molecule has 0 aromatic heterocycles. The molecule has 1 aliphatic carbocycles. The monoisotopic (exact) mass is 581 g/mol. The highest BCUT2D eigenvalue weighted by molar-refractivity contribution is 8.01. The average Bonchev–Trinajstić information content (AvgIpc) is 3.20. The third kappa shape index (κ3) is 12.3. The van der Waals surface area contributed by atoms with Crippen LogP contribution in [0.5, 0.6) is 0 Å². The van der Waals surface area contributed by atoms with Gasteiger partial charge in [-0.05, 0) is 90.8 Å². The van der Waals surface area contributed by atoms with E-state index in [0.29, 0.717) is 19.6 Å². The van der Waals surface area contributed by atoms with Crippen LogP contribution in [0.2, 0.25) is 0 Å². The maximum atomic E-state index is 12.9. The summed E-state index contributed by atoms with van der Waals surface area (Å²) in [5, 5.41) is 11.8. The van der Waals surface area contributed by atoms with Gasteiger partial charge in [0.25, 0.3) is 0 Å². The van der Waals surface area contributed by atoms with Gasteiger partial charge in [-0.15, -0.1) is 11.8 Å². The molecule has 2 unspecified atom stereocenters. The van der Waals surface area contributed by atoms with Crippen LogP contribution in [0.25, 0.3) is 0 Å². The molecule has 228 valence electrons. The predicted molar refractivity (Wildman–Crippen MR) is 159 cm³/mol. The molecule has 40 heavy (non-hydrogen) atoms. The number of hydrogen-bond acceptors (Lipinski definition) is 8. The van der Waals surface area contributed by atoms with Crippen molar-refractivity contribution < 1.29 is 24.0 Å². The first-order valence-electron chi connectivity index (χ1n) is 15.1. The van der Waals surface area contributed by atoms with Crippen molar-refractivity contribution in [3.05, 3.63) is 0 Å². The van der Waals surface area contributed by atoms with Crippen molar-refractivity contribution in [2.24, 2.45) is 11.8 Å². The van der Waals surface area contributed by atoms with Crippen LogP contribution in [0.4, 0.5) is 0 Å². The highest BCUT2D eigenvalue weighted by atomic mass is 32.2. The van der Waals surface area contributed by atoms with Crippen LogP contribution in [0.1, 0.15) is 84.5 Å².